The first-order chi connectivity index (χ1) is 14.7. The van der Waals surface area contributed by atoms with Gasteiger partial charge in [0.1, 0.15) is 18.1 Å². The zero-order valence-corrected chi connectivity index (χ0v) is 17.3. The van der Waals surface area contributed by atoms with E-state index in [2.05, 4.69) is 23.1 Å². The van der Waals surface area contributed by atoms with Crippen molar-refractivity contribution in [2.75, 3.05) is 25.1 Å². The van der Waals surface area contributed by atoms with Crippen LogP contribution in [0.3, 0.4) is 0 Å². The number of ether oxygens (including phenoxy) is 2. The molecular formula is C26H26N2O2. The van der Waals surface area contributed by atoms with Gasteiger partial charge in [-0.2, -0.15) is 5.26 Å². The van der Waals surface area contributed by atoms with E-state index in [1.54, 1.807) is 7.11 Å². The van der Waals surface area contributed by atoms with E-state index in [9.17, 15) is 5.26 Å². The van der Waals surface area contributed by atoms with Crippen LogP contribution < -0.4 is 14.4 Å². The maximum absolute atomic E-state index is 10.1. The van der Waals surface area contributed by atoms with Crippen LogP contribution in [-0.4, -0.2) is 20.2 Å². The highest BCUT2D eigenvalue weighted by Gasteiger charge is 2.37. The molecule has 3 aromatic carbocycles. The second kappa shape index (κ2) is 8.92. The molecule has 0 spiro atoms. The van der Waals surface area contributed by atoms with Gasteiger partial charge >= 0.3 is 0 Å². The minimum Gasteiger partial charge on any atom is -0.495 e. The predicted molar refractivity (Wildman–Crippen MR) is 119 cm³/mol. The first-order valence-electron chi connectivity index (χ1n) is 10.3. The van der Waals surface area contributed by atoms with Gasteiger partial charge in [-0.25, -0.2) is 0 Å². The summed E-state index contributed by atoms with van der Waals surface area (Å²) in [6.45, 7) is 2.14. The van der Waals surface area contributed by atoms with E-state index in [1.165, 1.54) is 0 Å². The summed E-state index contributed by atoms with van der Waals surface area (Å²) in [4.78, 5) is 2.31. The van der Waals surface area contributed by atoms with Gasteiger partial charge in [0, 0.05) is 13.1 Å². The molecule has 0 aliphatic carbocycles. The zero-order chi connectivity index (χ0) is 20.8. The van der Waals surface area contributed by atoms with Gasteiger partial charge in [-0.05, 0) is 48.2 Å². The van der Waals surface area contributed by atoms with Gasteiger partial charge in [0.15, 0.2) is 0 Å². The molecule has 1 aliphatic rings. The molecule has 0 atom stereocenters. The molecule has 1 fully saturated rings. The Morgan fingerprint density at radius 3 is 2.40 bits per heavy atom. The van der Waals surface area contributed by atoms with Crippen LogP contribution in [0.5, 0.6) is 11.5 Å². The first kappa shape index (κ1) is 19.8. The van der Waals surface area contributed by atoms with Crippen molar-refractivity contribution in [1.82, 2.24) is 0 Å². The van der Waals surface area contributed by atoms with Gasteiger partial charge in [-0.15, -0.1) is 0 Å². The van der Waals surface area contributed by atoms with E-state index in [1.807, 2.05) is 66.7 Å². The Labute approximate surface area is 178 Å². The summed E-state index contributed by atoms with van der Waals surface area (Å²) < 4.78 is 11.5. The third kappa shape index (κ3) is 4.11. The van der Waals surface area contributed by atoms with Crippen LogP contribution in [0.2, 0.25) is 0 Å². The maximum Gasteiger partial charge on any atom is 0.142 e. The van der Waals surface area contributed by atoms with E-state index >= 15 is 0 Å². The topological polar surface area (TPSA) is 45.5 Å². The number of para-hydroxylation sites is 2. The molecule has 0 aromatic heterocycles. The number of methoxy groups -OCH3 is 1. The van der Waals surface area contributed by atoms with Crippen LogP contribution in [0.15, 0.2) is 78.9 Å². The molecule has 0 unspecified atom stereocenters. The average Bonchev–Trinajstić information content (AvgIpc) is 2.83. The molecule has 0 amide bonds. The second-order valence-electron chi connectivity index (χ2n) is 7.65. The van der Waals surface area contributed by atoms with Crippen LogP contribution >= 0.6 is 0 Å². The van der Waals surface area contributed by atoms with Crippen molar-refractivity contribution in [3.05, 3.63) is 90.0 Å². The quantitative estimate of drug-likeness (QED) is 0.563. The minimum atomic E-state index is -0.495. The Morgan fingerprint density at radius 2 is 1.67 bits per heavy atom. The monoisotopic (exact) mass is 398 g/mol. The SMILES string of the molecule is COc1ccccc1N1CCC(C#N)(c2cccc(OCc3ccccc3)c2)CC1. The maximum atomic E-state index is 10.1. The number of benzene rings is 3. The summed E-state index contributed by atoms with van der Waals surface area (Å²) in [6.07, 6.45) is 1.54. The van der Waals surface area contributed by atoms with E-state index in [4.69, 9.17) is 9.47 Å². The highest BCUT2D eigenvalue weighted by molar-refractivity contribution is 5.59. The molecule has 152 valence electrons. The molecule has 1 saturated heterocycles. The van der Waals surface area contributed by atoms with Crippen molar-refractivity contribution < 1.29 is 9.47 Å². The van der Waals surface area contributed by atoms with Crippen LogP contribution in [0, 0.1) is 11.3 Å². The molecule has 1 heterocycles. The largest absolute Gasteiger partial charge is 0.495 e. The Bertz CT molecular complexity index is 1020. The fraction of sp³-hybridized carbons (Fsp3) is 0.269. The number of piperidine rings is 1. The average molecular weight is 399 g/mol. The molecule has 0 radical (unpaired) electrons. The third-order valence-electron chi connectivity index (χ3n) is 5.89. The number of anilines is 1. The highest BCUT2D eigenvalue weighted by Crippen LogP contribution is 2.39. The fourth-order valence-corrected chi connectivity index (χ4v) is 4.11. The second-order valence-corrected chi connectivity index (χ2v) is 7.65. The Morgan fingerprint density at radius 1 is 0.933 bits per heavy atom. The van der Waals surface area contributed by atoms with E-state index in [0.29, 0.717) is 6.61 Å². The van der Waals surface area contributed by atoms with E-state index < -0.39 is 5.41 Å². The third-order valence-corrected chi connectivity index (χ3v) is 5.89. The molecule has 4 heteroatoms. The highest BCUT2D eigenvalue weighted by atomic mass is 16.5. The molecule has 1 aliphatic heterocycles. The minimum absolute atomic E-state index is 0.495. The van der Waals surface area contributed by atoms with E-state index in [0.717, 1.165) is 54.2 Å². The Balaban J connectivity index is 1.48. The lowest BCUT2D eigenvalue weighted by Crippen LogP contribution is -2.42. The number of nitriles is 1. The fourth-order valence-electron chi connectivity index (χ4n) is 4.11. The van der Waals surface area contributed by atoms with Crippen LogP contribution in [-0.2, 0) is 12.0 Å². The van der Waals surface area contributed by atoms with Gasteiger partial charge in [0.25, 0.3) is 0 Å². The number of hydrogen-bond acceptors (Lipinski definition) is 4. The molecular weight excluding hydrogens is 372 g/mol. The van der Waals surface area contributed by atoms with Crippen molar-refractivity contribution in [3.8, 4) is 17.6 Å². The first-order valence-corrected chi connectivity index (χ1v) is 10.3. The summed E-state index contributed by atoms with van der Waals surface area (Å²) in [5.41, 5.74) is 2.76. The van der Waals surface area contributed by atoms with Crippen molar-refractivity contribution >= 4 is 5.69 Å². The van der Waals surface area contributed by atoms with Crippen LogP contribution in [0.25, 0.3) is 0 Å². The van der Waals surface area contributed by atoms with Gasteiger partial charge in [0.2, 0.25) is 0 Å². The normalized spacial score (nSPS) is 15.3. The molecule has 0 bridgehead atoms. The van der Waals surface area contributed by atoms with E-state index in [-0.39, 0.29) is 0 Å². The van der Waals surface area contributed by atoms with Gasteiger partial charge in [0.05, 0.1) is 24.3 Å². The smallest absolute Gasteiger partial charge is 0.142 e. The zero-order valence-electron chi connectivity index (χ0n) is 17.3. The summed E-state index contributed by atoms with van der Waals surface area (Å²) in [5, 5.41) is 10.1. The predicted octanol–water partition coefficient (Wildman–Crippen LogP) is 5.34. The molecule has 30 heavy (non-hydrogen) atoms. The summed E-state index contributed by atoms with van der Waals surface area (Å²) in [6, 6.07) is 28.8. The lowest BCUT2D eigenvalue weighted by molar-refractivity contribution is 0.304. The molecule has 4 nitrogen and oxygen atoms in total. The van der Waals surface area contributed by atoms with Crippen molar-refractivity contribution in [1.29, 1.82) is 5.26 Å². The van der Waals surface area contributed by atoms with Gasteiger partial charge in [-0.3, -0.25) is 0 Å². The Hall–Kier alpha value is -3.45. The van der Waals surface area contributed by atoms with Crippen molar-refractivity contribution in [2.45, 2.75) is 24.9 Å². The number of nitrogens with zero attached hydrogens (tertiary/aromatic N) is 2. The molecule has 4 rings (SSSR count). The molecule has 3 aromatic rings. The number of rotatable bonds is 6. The van der Waals surface area contributed by atoms with Gasteiger partial charge < -0.3 is 14.4 Å². The van der Waals surface area contributed by atoms with Crippen LogP contribution in [0.4, 0.5) is 5.69 Å². The number of hydrogen-bond donors (Lipinski definition) is 0. The Kier molecular flexibility index (Phi) is 5.90. The lowest BCUT2D eigenvalue weighted by Gasteiger charge is -2.39. The molecule has 0 N–H and O–H groups in total. The summed E-state index contributed by atoms with van der Waals surface area (Å²) in [7, 11) is 1.70. The van der Waals surface area contributed by atoms with Gasteiger partial charge in [-0.1, -0.05) is 54.6 Å². The van der Waals surface area contributed by atoms with Crippen LogP contribution in [0.1, 0.15) is 24.0 Å². The summed E-state index contributed by atoms with van der Waals surface area (Å²) >= 11 is 0. The van der Waals surface area contributed by atoms with Crippen molar-refractivity contribution in [3.63, 3.8) is 0 Å². The van der Waals surface area contributed by atoms with Crippen molar-refractivity contribution in [2.24, 2.45) is 0 Å². The summed E-state index contributed by atoms with van der Waals surface area (Å²) in [5.74, 6) is 1.68. The molecule has 0 saturated carbocycles. The lowest BCUT2D eigenvalue weighted by atomic mass is 9.74. The standard InChI is InChI=1S/C26H26N2O2/c1-29-25-13-6-5-12-24(25)28-16-14-26(20-27,15-17-28)22-10-7-11-23(18-22)30-19-21-8-3-2-4-9-21/h2-13,18H,14-17,19H2,1H3.